The standard InChI is InChI=1S/C9H15N5O2/c1-13(2)6(15)4-14(3)8-7(10)9(16)12-5-11-8/h5H,4,10H2,1-3H3,(H,11,12,16). The summed E-state index contributed by atoms with van der Waals surface area (Å²) < 4.78 is 0. The molecule has 16 heavy (non-hydrogen) atoms. The molecule has 7 nitrogen and oxygen atoms in total. The predicted molar refractivity (Wildman–Crippen MR) is 61.2 cm³/mol. The van der Waals surface area contributed by atoms with E-state index in [1.807, 2.05) is 0 Å². The normalized spacial score (nSPS) is 9.94. The molecule has 0 atom stereocenters. The molecule has 0 aliphatic rings. The Bertz CT molecular complexity index is 440. The SMILES string of the molecule is CN(C)C(=O)CN(C)c1nc[nH]c(=O)c1N. The van der Waals surface area contributed by atoms with Crippen molar-refractivity contribution in [3.63, 3.8) is 0 Å². The predicted octanol–water partition coefficient (Wildman–Crippen LogP) is -1.12. The number of nitrogens with zero attached hydrogens (tertiary/aromatic N) is 3. The summed E-state index contributed by atoms with van der Waals surface area (Å²) in [4.78, 5) is 31.9. The van der Waals surface area contributed by atoms with E-state index in [9.17, 15) is 9.59 Å². The minimum absolute atomic E-state index is 0.0107. The number of aromatic amines is 1. The summed E-state index contributed by atoms with van der Waals surface area (Å²) in [7, 11) is 4.97. The molecule has 0 bridgehead atoms. The Hall–Kier alpha value is -2.05. The van der Waals surface area contributed by atoms with Crippen LogP contribution in [0.5, 0.6) is 0 Å². The van der Waals surface area contributed by atoms with Gasteiger partial charge in [0, 0.05) is 21.1 Å². The van der Waals surface area contributed by atoms with Crippen molar-refractivity contribution in [3.05, 3.63) is 16.7 Å². The Labute approximate surface area is 92.9 Å². The lowest BCUT2D eigenvalue weighted by Crippen LogP contribution is -2.35. The van der Waals surface area contributed by atoms with E-state index in [0.29, 0.717) is 5.82 Å². The van der Waals surface area contributed by atoms with Crippen LogP contribution in [-0.4, -0.2) is 48.5 Å². The number of hydrogen-bond donors (Lipinski definition) is 2. The number of nitrogen functional groups attached to an aromatic ring is 1. The highest BCUT2D eigenvalue weighted by atomic mass is 16.2. The summed E-state index contributed by atoms with van der Waals surface area (Å²) in [5.74, 6) is 0.211. The molecule has 0 aromatic carbocycles. The number of aromatic nitrogens is 2. The molecule has 1 aromatic rings. The van der Waals surface area contributed by atoms with Gasteiger partial charge in [0.1, 0.15) is 5.69 Å². The van der Waals surface area contributed by atoms with Gasteiger partial charge in [0.2, 0.25) is 5.91 Å². The van der Waals surface area contributed by atoms with Gasteiger partial charge in [0.15, 0.2) is 5.82 Å². The number of carbonyl (C=O) groups excluding carboxylic acids is 1. The smallest absolute Gasteiger partial charge is 0.276 e. The molecule has 0 aliphatic carbocycles. The number of amides is 1. The van der Waals surface area contributed by atoms with Crippen LogP contribution in [0.3, 0.4) is 0 Å². The zero-order valence-electron chi connectivity index (χ0n) is 9.52. The Kier molecular flexibility index (Phi) is 3.49. The Morgan fingerprint density at radius 2 is 2.12 bits per heavy atom. The van der Waals surface area contributed by atoms with Crippen molar-refractivity contribution in [2.75, 3.05) is 38.3 Å². The van der Waals surface area contributed by atoms with Crippen molar-refractivity contribution >= 4 is 17.4 Å². The zero-order valence-corrected chi connectivity index (χ0v) is 9.52. The van der Waals surface area contributed by atoms with Crippen LogP contribution in [0.1, 0.15) is 0 Å². The van der Waals surface area contributed by atoms with Gasteiger partial charge in [-0.3, -0.25) is 9.59 Å². The first kappa shape index (κ1) is 12.0. The minimum atomic E-state index is -0.408. The molecule has 1 amide bonds. The summed E-state index contributed by atoms with van der Waals surface area (Å²) >= 11 is 0. The van der Waals surface area contributed by atoms with Crippen LogP contribution in [0.15, 0.2) is 11.1 Å². The molecule has 0 saturated carbocycles. The van der Waals surface area contributed by atoms with Crippen molar-refractivity contribution in [2.45, 2.75) is 0 Å². The van der Waals surface area contributed by atoms with Crippen LogP contribution in [0.2, 0.25) is 0 Å². The largest absolute Gasteiger partial charge is 0.391 e. The minimum Gasteiger partial charge on any atom is -0.391 e. The van der Waals surface area contributed by atoms with E-state index in [0.717, 1.165) is 0 Å². The molecule has 3 N–H and O–H groups in total. The first-order valence-electron chi connectivity index (χ1n) is 4.68. The average molecular weight is 225 g/mol. The first-order chi connectivity index (χ1) is 7.43. The summed E-state index contributed by atoms with van der Waals surface area (Å²) in [5, 5.41) is 0. The van der Waals surface area contributed by atoms with Crippen LogP contribution >= 0.6 is 0 Å². The number of likely N-dealkylation sites (N-methyl/N-ethyl adjacent to an activating group) is 2. The lowest BCUT2D eigenvalue weighted by atomic mass is 10.4. The van der Waals surface area contributed by atoms with E-state index in [-0.39, 0.29) is 18.1 Å². The van der Waals surface area contributed by atoms with E-state index in [1.165, 1.54) is 16.1 Å². The fraction of sp³-hybridized carbons (Fsp3) is 0.444. The Morgan fingerprint density at radius 1 is 1.50 bits per heavy atom. The molecule has 0 spiro atoms. The third-order valence-corrected chi connectivity index (χ3v) is 2.10. The van der Waals surface area contributed by atoms with Crippen LogP contribution in [-0.2, 0) is 4.79 Å². The third kappa shape index (κ3) is 2.50. The molecule has 0 radical (unpaired) electrons. The molecule has 0 unspecified atom stereocenters. The van der Waals surface area contributed by atoms with Crippen LogP contribution < -0.4 is 16.2 Å². The topological polar surface area (TPSA) is 95.3 Å². The quantitative estimate of drug-likeness (QED) is 0.679. The molecule has 0 fully saturated rings. The second-order valence-corrected chi connectivity index (χ2v) is 3.61. The lowest BCUT2D eigenvalue weighted by Gasteiger charge is -2.20. The molecule has 1 heterocycles. The average Bonchev–Trinajstić information content (AvgIpc) is 2.21. The van der Waals surface area contributed by atoms with Crippen molar-refractivity contribution in [3.8, 4) is 0 Å². The summed E-state index contributed by atoms with van der Waals surface area (Å²) in [6.45, 7) is 0.119. The third-order valence-electron chi connectivity index (χ3n) is 2.10. The summed E-state index contributed by atoms with van der Waals surface area (Å²) in [6.07, 6.45) is 1.25. The molecule has 1 rings (SSSR count). The fourth-order valence-electron chi connectivity index (χ4n) is 1.12. The molecular weight excluding hydrogens is 210 g/mol. The highest BCUT2D eigenvalue weighted by Crippen LogP contribution is 2.12. The van der Waals surface area contributed by atoms with Gasteiger partial charge in [-0.1, -0.05) is 0 Å². The highest BCUT2D eigenvalue weighted by molar-refractivity contribution is 5.81. The van der Waals surface area contributed by atoms with Crippen molar-refractivity contribution < 1.29 is 4.79 Å². The molecule has 1 aromatic heterocycles. The van der Waals surface area contributed by atoms with Gasteiger partial charge < -0.3 is 20.5 Å². The zero-order chi connectivity index (χ0) is 12.3. The number of nitrogens with one attached hydrogen (secondary N) is 1. The van der Waals surface area contributed by atoms with Gasteiger partial charge in [-0.25, -0.2) is 4.98 Å². The number of rotatable bonds is 3. The Morgan fingerprint density at radius 3 is 2.69 bits per heavy atom. The first-order valence-corrected chi connectivity index (χ1v) is 4.68. The van der Waals surface area contributed by atoms with Crippen molar-refractivity contribution in [1.29, 1.82) is 0 Å². The maximum Gasteiger partial charge on any atom is 0.276 e. The second kappa shape index (κ2) is 4.65. The molecular formula is C9H15N5O2. The number of anilines is 2. The lowest BCUT2D eigenvalue weighted by molar-refractivity contribution is -0.127. The van der Waals surface area contributed by atoms with Crippen LogP contribution in [0.25, 0.3) is 0 Å². The Balaban J connectivity index is 2.89. The van der Waals surface area contributed by atoms with Crippen LogP contribution in [0, 0.1) is 0 Å². The van der Waals surface area contributed by atoms with Gasteiger partial charge in [0.05, 0.1) is 12.9 Å². The van der Waals surface area contributed by atoms with E-state index < -0.39 is 5.56 Å². The molecule has 0 aliphatic heterocycles. The number of hydrogen-bond acceptors (Lipinski definition) is 5. The van der Waals surface area contributed by atoms with Gasteiger partial charge in [-0.2, -0.15) is 0 Å². The van der Waals surface area contributed by atoms with E-state index >= 15 is 0 Å². The summed E-state index contributed by atoms with van der Waals surface area (Å²) in [6, 6.07) is 0. The maximum absolute atomic E-state index is 11.5. The van der Waals surface area contributed by atoms with Gasteiger partial charge in [-0.05, 0) is 0 Å². The van der Waals surface area contributed by atoms with Crippen LogP contribution in [0.4, 0.5) is 11.5 Å². The monoisotopic (exact) mass is 225 g/mol. The molecule has 0 saturated heterocycles. The maximum atomic E-state index is 11.5. The van der Waals surface area contributed by atoms with E-state index in [4.69, 9.17) is 5.73 Å². The number of carbonyl (C=O) groups is 1. The summed E-state index contributed by atoms with van der Waals surface area (Å²) in [5.41, 5.74) is 5.17. The molecule has 88 valence electrons. The van der Waals surface area contributed by atoms with E-state index in [1.54, 1.807) is 21.1 Å². The second-order valence-electron chi connectivity index (χ2n) is 3.61. The number of nitrogens with two attached hydrogens (primary N) is 1. The molecule has 7 heteroatoms. The van der Waals surface area contributed by atoms with E-state index in [2.05, 4.69) is 9.97 Å². The highest BCUT2D eigenvalue weighted by Gasteiger charge is 2.13. The van der Waals surface area contributed by atoms with Crippen molar-refractivity contribution in [1.82, 2.24) is 14.9 Å². The van der Waals surface area contributed by atoms with Crippen molar-refractivity contribution in [2.24, 2.45) is 0 Å². The van der Waals surface area contributed by atoms with Gasteiger partial charge >= 0.3 is 0 Å². The fourth-order valence-corrected chi connectivity index (χ4v) is 1.12. The van der Waals surface area contributed by atoms with Gasteiger partial charge in [0.25, 0.3) is 5.56 Å². The number of H-pyrrole nitrogens is 1. The van der Waals surface area contributed by atoms with Gasteiger partial charge in [-0.15, -0.1) is 0 Å².